The van der Waals surface area contributed by atoms with E-state index in [1.165, 1.54) is 37.7 Å². The van der Waals surface area contributed by atoms with Crippen molar-refractivity contribution in [1.82, 2.24) is 0 Å². The second-order valence-electron chi connectivity index (χ2n) is 7.58. The second-order valence-corrected chi connectivity index (χ2v) is 11.9. The second kappa shape index (κ2) is 6.20. The van der Waals surface area contributed by atoms with Gasteiger partial charge in [-0.05, 0) is 25.3 Å². The summed E-state index contributed by atoms with van der Waals surface area (Å²) >= 11 is 0. The van der Waals surface area contributed by atoms with Gasteiger partial charge in [0.15, 0.2) is 0 Å². The molecule has 0 nitrogen and oxygen atoms in total. The van der Waals surface area contributed by atoms with Crippen molar-refractivity contribution < 1.29 is 0 Å². The topological polar surface area (TPSA) is 0 Å². The quantitative estimate of drug-likeness (QED) is 0.623. The van der Waals surface area contributed by atoms with Crippen molar-refractivity contribution in [2.45, 2.75) is 65.0 Å². The Kier molecular flexibility index (Phi) is 4.45. The van der Waals surface area contributed by atoms with Crippen molar-refractivity contribution in [2.24, 2.45) is 5.92 Å². The van der Waals surface area contributed by atoms with E-state index in [0.29, 0.717) is 5.92 Å². The van der Waals surface area contributed by atoms with Crippen LogP contribution in [0.4, 0.5) is 0 Å². The normalized spacial score (nSPS) is 26.0. The van der Waals surface area contributed by atoms with Crippen molar-refractivity contribution in [3.63, 3.8) is 0 Å². The van der Waals surface area contributed by atoms with Crippen molar-refractivity contribution in [2.75, 3.05) is 0 Å². The molecule has 0 amide bonds. The molecule has 1 fully saturated rings. The van der Waals surface area contributed by atoms with E-state index in [9.17, 15) is 0 Å². The van der Waals surface area contributed by atoms with Gasteiger partial charge in [-0.25, -0.2) is 0 Å². The fourth-order valence-corrected chi connectivity index (χ4v) is 10.8. The summed E-state index contributed by atoms with van der Waals surface area (Å²) in [6.07, 6.45) is 9.71. The van der Waals surface area contributed by atoms with E-state index in [1.54, 1.807) is 10.8 Å². The fraction of sp³-hybridized carbons (Fsp3) is 0.524. The summed E-state index contributed by atoms with van der Waals surface area (Å²) in [7, 11) is -1.63. The van der Waals surface area contributed by atoms with Crippen LogP contribution in [0.25, 0.3) is 0 Å². The Hall–Kier alpha value is -1.08. The highest BCUT2D eigenvalue weighted by Crippen LogP contribution is 2.46. The summed E-state index contributed by atoms with van der Waals surface area (Å²) in [6, 6.07) is 11.5. The number of hydrogen-bond donors (Lipinski definition) is 0. The van der Waals surface area contributed by atoms with Gasteiger partial charge in [-0.3, -0.25) is 0 Å². The lowest BCUT2D eigenvalue weighted by molar-refractivity contribution is 0.493. The molecule has 0 heterocycles. The molecule has 0 spiro atoms. The van der Waals surface area contributed by atoms with Gasteiger partial charge in [0.05, 0.1) is 0 Å². The molecule has 0 bridgehead atoms. The third-order valence-corrected chi connectivity index (χ3v) is 12.0. The molecule has 3 rings (SSSR count). The summed E-state index contributed by atoms with van der Waals surface area (Å²) in [5, 5.41) is 3.48. The predicted octanol–water partition coefficient (Wildman–Crippen LogP) is 5.76. The monoisotopic (exact) mass is 310 g/mol. The minimum Gasteiger partial charge on any atom is -0.0748 e. The molecule has 1 heteroatoms. The van der Waals surface area contributed by atoms with Crippen LogP contribution in [0.3, 0.4) is 0 Å². The smallest absolute Gasteiger partial charge is 0.0748 e. The molecule has 1 aromatic rings. The van der Waals surface area contributed by atoms with Gasteiger partial charge < -0.3 is 0 Å². The fourth-order valence-electron chi connectivity index (χ4n) is 5.08. The highest BCUT2D eigenvalue weighted by atomic mass is 28.3. The highest BCUT2D eigenvalue weighted by molar-refractivity contribution is 6.98. The first kappa shape index (κ1) is 15.8. The van der Waals surface area contributed by atoms with Gasteiger partial charge in [0.2, 0.25) is 0 Å². The summed E-state index contributed by atoms with van der Waals surface area (Å²) in [5.74, 6) is 0.638. The van der Waals surface area contributed by atoms with Crippen LogP contribution in [0.2, 0.25) is 12.1 Å². The lowest BCUT2D eigenvalue weighted by Gasteiger charge is -2.42. The van der Waals surface area contributed by atoms with E-state index in [4.69, 9.17) is 0 Å². The maximum absolute atomic E-state index is 2.67. The van der Waals surface area contributed by atoms with E-state index in [2.05, 4.69) is 63.7 Å². The van der Waals surface area contributed by atoms with Gasteiger partial charge in [-0.15, -0.1) is 0 Å². The molecular weight excluding hydrogens is 280 g/mol. The third-order valence-electron chi connectivity index (χ3n) is 6.31. The van der Waals surface area contributed by atoms with Crippen molar-refractivity contribution in [3.05, 3.63) is 52.8 Å². The number of rotatable bonds is 3. The molecule has 0 saturated heterocycles. The van der Waals surface area contributed by atoms with Crippen LogP contribution in [0.15, 0.2) is 52.8 Å². The van der Waals surface area contributed by atoms with Gasteiger partial charge in [0.25, 0.3) is 0 Å². The first-order valence-corrected chi connectivity index (χ1v) is 11.6. The summed E-state index contributed by atoms with van der Waals surface area (Å²) < 4.78 is 0. The number of allylic oxidation sites excluding steroid dienone is 4. The Bertz CT molecular complexity index is 590. The van der Waals surface area contributed by atoms with Crippen LogP contribution in [0.1, 0.15) is 52.9 Å². The average Bonchev–Trinajstić information content (AvgIpc) is 2.81. The largest absolute Gasteiger partial charge is 0.114 e. The number of benzene rings is 1. The maximum Gasteiger partial charge on any atom is 0.114 e. The molecule has 22 heavy (non-hydrogen) atoms. The molecular formula is C21H30Si. The van der Waals surface area contributed by atoms with Gasteiger partial charge in [-0.1, -0.05) is 104 Å². The minimum atomic E-state index is -1.63. The Labute approximate surface area is 137 Å². The molecule has 2 unspecified atom stereocenters. The molecule has 118 valence electrons. The standard InChI is InChI=1S/C21H30Si/c1-16-15-17(2)21(18(16)3)22(4,19-11-7-5-8-12-19)20-13-9-6-10-14-20/h5,7-8,11-12,15,17,20H,6,9-10,13-14H2,1-4H3. The Morgan fingerprint density at radius 3 is 2.14 bits per heavy atom. The van der Waals surface area contributed by atoms with Crippen LogP contribution >= 0.6 is 0 Å². The molecule has 0 radical (unpaired) electrons. The lowest BCUT2D eigenvalue weighted by Crippen LogP contribution is -2.53. The molecule has 2 atom stereocenters. The Morgan fingerprint density at radius 1 is 0.955 bits per heavy atom. The van der Waals surface area contributed by atoms with Gasteiger partial charge in [-0.2, -0.15) is 0 Å². The minimum absolute atomic E-state index is 0.638. The Morgan fingerprint density at radius 2 is 1.59 bits per heavy atom. The zero-order valence-electron chi connectivity index (χ0n) is 14.7. The van der Waals surface area contributed by atoms with Gasteiger partial charge in [0.1, 0.15) is 8.07 Å². The molecule has 0 N–H and O–H groups in total. The summed E-state index contributed by atoms with van der Waals surface area (Å²) in [4.78, 5) is 0. The van der Waals surface area contributed by atoms with Crippen molar-refractivity contribution in [1.29, 1.82) is 0 Å². The SMILES string of the molecule is CC1=CC(C)C([Si](C)(c2ccccc2)C2CCCCC2)=C1C. The van der Waals surface area contributed by atoms with Crippen LogP contribution in [0, 0.1) is 5.92 Å². The van der Waals surface area contributed by atoms with Crippen LogP contribution in [0.5, 0.6) is 0 Å². The maximum atomic E-state index is 2.67. The number of hydrogen-bond acceptors (Lipinski definition) is 0. The molecule has 1 saturated carbocycles. The average molecular weight is 311 g/mol. The summed E-state index contributed by atoms with van der Waals surface area (Å²) in [5.41, 5.74) is 4.06. The van der Waals surface area contributed by atoms with Crippen molar-refractivity contribution >= 4 is 13.3 Å². The highest BCUT2D eigenvalue weighted by Gasteiger charge is 2.45. The van der Waals surface area contributed by atoms with Crippen LogP contribution in [-0.4, -0.2) is 8.07 Å². The lowest BCUT2D eigenvalue weighted by atomic mass is 10.0. The van der Waals surface area contributed by atoms with E-state index in [1.807, 2.05) is 5.20 Å². The molecule has 2 aliphatic rings. The summed E-state index contributed by atoms with van der Waals surface area (Å²) in [6.45, 7) is 9.77. The molecule has 2 aliphatic carbocycles. The predicted molar refractivity (Wildman–Crippen MR) is 100 cm³/mol. The molecule has 0 aromatic heterocycles. The third kappa shape index (κ3) is 2.54. The molecule has 1 aromatic carbocycles. The molecule has 0 aliphatic heterocycles. The Balaban J connectivity index is 2.12. The van der Waals surface area contributed by atoms with Gasteiger partial charge >= 0.3 is 0 Å². The zero-order valence-corrected chi connectivity index (χ0v) is 15.7. The van der Waals surface area contributed by atoms with Crippen molar-refractivity contribution in [3.8, 4) is 0 Å². The van der Waals surface area contributed by atoms with E-state index >= 15 is 0 Å². The van der Waals surface area contributed by atoms with E-state index < -0.39 is 8.07 Å². The zero-order chi connectivity index (χ0) is 15.7. The van der Waals surface area contributed by atoms with Gasteiger partial charge in [0, 0.05) is 0 Å². The van der Waals surface area contributed by atoms with E-state index in [-0.39, 0.29) is 0 Å². The van der Waals surface area contributed by atoms with Crippen LogP contribution in [-0.2, 0) is 0 Å². The first-order chi connectivity index (χ1) is 10.5. The van der Waals surface area contributed by atoms with Crippen LogP contribution < -0.4 is 5.19 Å². The first-order valence-electron chi connectivity index (χ1n) is 9.00. The van der Waals surface area contributed by atoms with E-state index in [0.717, 1.165) is 5.54 Å².